The number of hydrogen-bond acceptors (Lipinski definition) is 3. The normalized spacial score (nSPS) is 11.4. The first-order valence-electron chi connectivity index (χ1n) is 5.92. The molecule has 1 rings (SSSR count). The maximum atomic E-state index is 13.1. The first kappa shape index (κ1) is 14.6. The molecule has 0 unspecified atom stereocenters. The van der Waals surface area contributed by atoms with Crippen LogP contribution in [0.3, 0.4) is 0 Å². The first-order valence-corrected chi connectivity index (χ1v) is 5.92. The van der Waals surface area contributed by atoms with Crippen molar-refractivity contribution in [1.82, 2.24) is 0 Å². The van der Waals surface area contributed by atoms with Gasteiger partial charge in [-0.1, -0.05) is 6.07 Å². The SMILES string of the molecule is COC(C)(C)C(=O)CCN(C)c1cccc(F)c1. The van der Waals surface area contributed by atoms with Crippen molar-refractivity contribution in [2.24, 2.45) is 0 Å². The average Bonchev–Trinajstić information content (AvgIpc) is 2.35. The van der Waals surface area contributed by atoms with E-state index in [4.69, 9.17) is 4.74 Å². The highest BCUT2D eigenvalue weighted by Crippen LogP contribution is 2.16. The summed E-state index contributed by atoms with van der Waals surface area (Å²) in [5.74, 6) is -0.240. The Kier molecular flexibility index (Phi) is 4.84. The molecule has 0 aliphatic rings. The van der Waals surface area contributed by atoms with Gasteiger partial charge in [0.05, 0.1) is 0 Å². The summed E-state index contributed by atoms with van der Waals surface area (Å²) in [5, 5.41) is 0. The van der Waals surface area contributed by atoms with Crippen LogP contribution in [-0.4, -0.2) is 32.1 Å². The largest absolute Gasteiger partial charge is 0.374 e. The maximum absolute atomic E-state index is 13.1. The number of benzene rings is 1. The second kappa shape index (κ2) is 5.96. The van der Waals surface area contributed by atoms with Gasteiger partial charge in [0.25, 0.3) is 0 Å². The number of ketones is 1. The smallest absolute Gasteiger partial charge is 0.165 e. The molecule has 0 bridgehead atoms. The molecule has 0 fully saturated rings. The molecule has 0 saturated carbocycles. The number of carbonyl (C=O) groups is 1. The van der Waals surface area contributed by atoms with E-state index in [0.717, 1.165) is 5.69 Å². The molecule has 3 nitrogen and oxygen atoms in total. The average molecular weight is 253 g/mol. The second-order valence-electron chi connectivity index (χ2n) is 4.79. The number of carbonyl (C=O) groups excluding carboxylic acids is 1. The van der Waals surface area contributed by atoms with Gasteiger partial charge in [-0.2, -0.15) is 0 Å². The van der Waals surface area contributed by atoms with Crippen molar-refractivity contribution in [3.8, 4) is 0 Å². The van der Waals surface area contributed by atoms with Crippen LogP contribution in [0.5, 0.6) is 0 Å². The van der Waals surface area contributed by atoms with Gasteiger partial charge in [-0.3, -0.25) is 4.79 Å². The number of nitrogens with zero attached hydrogens (tertiary/aromatic N) is 1. The molecule has 1 aromatic carbocycles. The van der Waals surface area contributed by atoms with Gasteiger partial charge in [0, 0.05) is 32.8 Å². The van der Waals surface area contributed by atoms with Gasteiger partial charge < -0.3 is 9.64 Å². The number of Topliss-reactive ketones (excluding diaryl/α,β-unsaturated/α-hetero) is 1. The van der Waals surface area contributed by atoms with Crippen molar-refractivity contribution in [3.63, 3.8) is 0 Å². The van der Waals surface area contributed by atoms with Crippen LogP contribution >= 0.6 is 0 Å². The zero-order chi connectivity index (χ0) is 13.8. The molecule has 0 saturated heterocycles. The lowest BCUT2D eigenvalue weighted by atomic mass is 10.0. The lowest BCUT2D eigenvalue weighted by Crippen LogP contribution is -2.36. The molecule has 1 aromatic rings. The number of ether oxygens (including phenoxy) is 1. The van der Waals surface area contributed by atoms with Crippen LogP contribution in [0.1, 0.15) is 20.3 Å². The molecule has 0 N–H and O–H groups in total. The summed E-state index contributed by atoms with van der Waals surface area (Å²) in [5.41, 5.74) is 0.000925. The van der Waals surface area contributed by atoms with Crippen molar-refractivity contribution in [2.75, 3.05) is 25.6 Å². The van der Waals surface area contributed by atoms with Crippen molar-refractivity contribution in [1.29, 1.82) is 0 Å². The van der Waals surface area contributed by atoms with E-state index in [9.17, 15) is 9.18 Å². The molecule has 0 heterocycles. The monoisotopic (exact) mass is 253 g/mol. The maximum Gasteiger partial charge on any atom is 0.165 e. The summed E-state index contributed by atoms with van der Waals surface area (Å²) in [6.45, 7) is 4.03. The topological polar surface area (TPSA) is 29.5 Å². The van der Waals surface area contributed by atoms with E-state index < -0.39 is 5.60 Å². The fourth-order valence-corrected chi connectivity index (χ4v) is 1.53. The standard InChI is InChI=1S/C14H20FNO2/c1-14(2,18-4)13(17)8-9-16(3)12-7-5-6-11(15)10-12/h5-7,10H,8-9H2,1-4H3. The van der Waals surface area contributed by atoms with E-state index in [2.05, 4.69) is 0 Å². The molecular weight excluding hydrogens is 233 g/mol. The Bertz CT molecular complexity index is 418. The van der Waals surface area contributed by atoms with Crippen LogP contribution < -0.4 is 4.90 Å². The third-order valence-electron chi connectivity index (χ3n) is 3.11. The molecule has 0 aliphatic heterocycles. The van der Waals surface area contributed by atoms with E-state index in [0.29, 0.717) is 13.0 Å². The highest BCUT2D eigenvalue weighted by Gasteiger charge is 2.26. The minimum atomic E-state index is -0.761. The first-order chi connectivity index (χ1) is 8.36. The van der Waals surface area contributed by atoms with E-state index in [1.165, 1.54) is 19.2 Å². The molecule has 0 radical (unpaired) electrons. The lowest BCUT2D eigenvalue weighted by Gasteiger charge is -2.24. The zero-order valence-electron chi connectivity index (χ0n) is 11.4. The zero-order valence-corrected chi connectivity index (χ0v) is 11.4. The van der Waals surface area contributed by atoms with Crippen LogP contribution in [0.15, 0.2) is 24.3 Å². The van der Waals surface area contributed by atoms with Crippen LogP contribution in [-0.2, 0) is 9.53 Å². The Hall–Kier alpha value is -1.42. The Morgan fingerprint density at radius 1 is 1.44 bits per heavy atom. The number of hydrogen-bond donors (Lipinski definition) is 0. The van der Waals surface area contributed by atoms with Crippen molar-refractivity contribution >= 4 is 11.5 Å². The molecule has 100 valence electrons. The predicted octanol–water partition coefficient (Wildman–Crippen LogP) is 2.65. The number of anilines is 1. The Morgan fingerprint density at radius 2 is 2.11 bits per heavy atom. The van der Waals surface area contributed by atoms with Gasteiger partial charge in [-0.25, -0.2) is 4.39 Å². The molecule has 18 heavy (non-hydrogen) atoms. The van der Waals surface area contributed by atoms with E-state index in [-0.39, 0.29) is 11.6 Å². The minimum Gasteiger partial charge on any atom is -0.374 e. The molecule has 0 amide bonds. The summed E-state index contributed by atoms with van der Waals surface area (Å²) in [6, 6.07) is 6.32. The van der Waals surface area contributed by atoms with Gasteiger partial charge in [0.1, 0.15) is 11.4 Å². The molecule has 4 heteroatoms. The summed E-state index contributed by atoms with van der Waals surface area (Å²) in [7, 11) is 3.36. The summed E-state index contributed by atoms with van der Waals surface area (Å²) in [4.78, 5) is 13.7. The second-order valence-corrected chi connectivity index (χ2v) is 4.79. The fraction of sp³-hybridized carbons (Fsp3) is 0.500. The highest BCUT2D eigenvalue weighted by molar-refractivity contribution is 5.86. The molecule has 0 aliphatic carbocycles. The third-order valence-corrected chi connectivity index (χ3v) is 3.11. The van der Waals surface area contributed by atoms with Crippen molar-refractivity contribution < 1.29 is 13.9 Å². The van der Waals surface area contributed by atoms with E-state index in [1.807, 2.05) is 18.0 Å². The lowest BCUT2D eigenvalue weighted by molar-refractivity contribution is -0.136. The van der Waals surface area contributed by atoms with Gasteiger partial charge in [0.2, 0.25) is 0 Å². The summed E-state index contributed by atoms with van der Waals surface area (Å²) in [6.07, 6.45) is 0.369. The molecule has 0 aromatic heterocycles. The van der Waals surface area contributed by atoms with Gasteiger partial charge in [-0.15, -0.1) is 0 Å². The van der Waals surface area contributed by atoms with Crippen LogP contribution in [0, 0.1) is 5.82 Å². The van der Waals surface area contributed by atoms with E-state index in [1.54, 1.807) is 19.9 Å². The number of methoxy groups -OCH3 is 1. The summed E-state index contributed by atoms with van der Waals surface area (Å²) >= 11 is 0. The van der Waals surface area contributed by atoms with E-state index >= 15 is 0 Å². The fourth-order valence-electron chi connectivity index (χ4n) is 1.53. The Morgan fingerprint density at radius 3 is 2.67 bits per heavy atom. The van der Waals surface area contributed by atoms with Crippen LogP contribution in [0.2, 0.25) is 0 Å². The van der Waals surface area contributed by atoms with Crippen molar-refractivity contribution in [2.45, 2.75) is 25.9 Å². The highest BCUT2D eigenvalue weighted by atomic mass is 19.1. The Balaban J connectivity index is 2.57. The number of halogens is 1. The van der Waals surface area contributed by atoms with Crippen molar-refractivity contribution in [3.05, 3.63) is 30.1 Å². The van der Waals surface area contributed by atoms with Gasteiger partial charge in [-0.05, 0) is 32.0 Å². The Labute approximate surface area is 108 Å². The molecule has 0 spiro atoms. The van der Waals surface area contributed by atoms with Gasteiger partial charge in [0.15, 0.2) is 5.78 Å². The quantitative estimate of drug-likeness (QED) is 0.780. The summed E-state index contributed by atoms with van der Waals surface area (Å²) < 4.78 is 18.2. The molecule has 0 atom stereocenters. The van der Waals surface area contributed by atoms with Crippen LogP contribution in [0.25, 0.3) is 0 Å². The third kappa shape index (κ3) is 3.81. The number of rotatable bonds is 6. The minimum absolute atomic E-state index is 0.0354. The van der Waals surface area contributed by atoms with Gasteiger partial charge >= 0.3 is 0 Å². The molecular formula is C14H20FNO2. The predicted molar refractivity (Wildman–Crippen MR) is 70.4 cm³/mol. The van der Waals surface area contributed by atoms with Crippen LogP contribution in [0.4, 0.5) is 10.1 Å².